The van der Waals surface area contributed by atoms with E-state index in [1.807, 2.05) is 12.1 Å². The second-order valence-electron chi connectivity index (χ2n) is 5.72. The van der Waals surface area contributed by atoms with Crippen LogP contribution in [0.3, 0.4) is 0 Å². The number of hydrogen-bond donors (Lipinski definition) is 2. The lowest BCUT2D eigenvalue weighted by molar-refractivity contribution is 0.427. The molecule has 2 rings (SSSR count). The average molecular weight is 282 g/mol. The topological polar surface area (TPSA) is 38.0 Å². The van der Waals surface area contributed by atoms with E-state index in [0.717, 1.165) is 24.9 Å². The maximum atomic E-state index is 5.72. The van der Waals surface area contributed by atoms with Crippen molar-refractivity contribution in [1.29, 1.82) is 0 Å². The Labute approximate surface area is 128 Å². The minimum Gasteiger partial charge on any atom is -0.399 e. The Hall–Kier alpha value is -1.80. The molecule has 0 aliphatic rings. The van der Waals surface area contributed by atoms with E-state index in [4.69, 9.17) is 5.73 Å². The zero-order chi connectivity index (χ0) is 15.1. The third-order valence-electron chi connectivity index (χ3n) is 3.94. The minimum atomic E-state index is 0.438. The van der Waals surface area contributed by atoms with Gasteiger partial charge in [-0.05, 0) is 49.4 Å². The van der Waals surface area contributed by atoms with Crippen LogP contribution in [0.2, 0.25) is 0 Å². The fourth-order valence-corrected chi connectivity index (χ4v) is 2.63. The lowest BCUT2D eigenvalue weighted by Crippen LogP contribution is -2.30. The molecular weight excluding hydrogens is 256 g/mol. The van der Waals surface area contributed by atoms with Crippen molar-refractivity contribution in [2.24, 2.45) is 0 Å². The molecule has 0 aliphatic carbocycles. The van der Waals surface area contributed by atoms with Crippen molar-refractivity contribution in [2.45, 2.75) is 45.2 Å². The third-order valence-corrected chi connectivity index (χ3v) is 3.94. The zero-order valence-electron chi connectivity index (χ0n) is 13.0. The summed E-state index contributed by atoms with van der Waals surface area (Å²) < 4.78 is 0. The fourth-order valence-electron chi connectivity index (χ4n) is 2.63. The van der Waals surface area contributed by atoms with Gasteiger partial charge in [-0.3, -0.25) is 0 Å². The molecule has 0 spiro atoms. The summed E-state index contributed by atoms with van der Waals surface area (Å²) in [5.41, 5.74) is 9.28. The van der Waals surface area contributed by atoms with Crippen LogP contribution in [0, 0.1) is 0 Å². The molecule has 2 aromatic rings. The van der Waals surface area contributed by atoms with Crippen molar-refractivity contribution < 1.29 is 0 Å². The van der Waals surface area contributed by atoms with Crippen LogP contribution in [0.15, 0.2) is 54.6 Å². The molecule has 0 saturated heterocycles. The second-order valence-corrected chi connectivity index (χ2v) is 5.72. The van der Waals surface area contributed by atoms with Crippen molar-refractivity contribution >= 4 is 5.69 Å². The first kappa shape index (κ1) is 15.6. The number of nitrogens with two attached hydrogens (primary N) is 1. The summed E-state index contributed by atoms with van der Waals surface area (Å²) in [5, 5.41) is 3.74. The number of rotatable bonds is 7. The van der Waals surface area contributed by atoms with Crippen LogP contribution in [-0.4, -0.2) is 6.04 Å². The summed E-state index contributed by atoms with van der Waals surface area (Å²) in [7, 11) is 0. The molecule has 0 radical (unpaired) electrons. The molecule has 2 nitrogen and oxygen atoms in total. The van der Waals surface area contributed by atoms with Gasteiger partial charge in [-0.25, -0.2) is 0 Å². The van der Waals surface area contributed by atoms with Gasteiger partial charge in [0, 0.05) is 17.8 Å². The molecule has 0 fully saturated rings. The van der Waals surface area contributed by atoms with Gasteiger partial charge in [0.15, 0.2) is 0 Å². The second kappa shape index (κ2) is 7.84. The normalized spacial score (nSPS) is 13.8. The molecule has 2 aromatic carbocycles. The maximum absolute atomic E-state index is 5.72. The Bertz CT molecular complexity index is 519. The lowest BCUT2D eigenvalue weighted by atomic mass is 10.0. The molecule has 3 N–H and O–H groups in total. The summed E-state index contributed by atoms with van der Waals surface area (Å²) in [6.45, 7) is 4.50. The van der Waals surface area contributed by atoms with Crippen LogP contribution < -0.4 is 11.1 Å². The first-order valence-corrected chi connectivity index (χ1v) is 7.84. The van der Waals surface area contributed by atoms with Gasteiger partial charge in [0.25, 0.3) is 0 Å². The summed E-state index contributed by atoms with van der Waals surface area (Å²) in [5.74, 6) is 0. The van der Waals surface area contributed by atoms with Gasteiger partial charge in [0.05, 0.1) is 0 Å². The predicted octanol–water partition coefficient (Wildman–Crippen LogP) is 4.33. The van der Waals surface area contributed by atoms with E-state index < -0.39 is 0 Å². The van der Waals surface area contributed by atoms with E-state index in [1.54, 1.807) is 0 Å². The predicted molar refractivity (Wildman–Crippen MR) is 91.2 cm³/mol. The number of nitrogens with one attached hydrogen (secondary N) is 1. The van der Waals surface area contributed by atoms with Crippen LogP contribution in [0.25, 0.3) is 0 Å². The quantitative estimate of drug-likeness (QED) is 0.742. The molecule has 2 atom stereocenters. The monoisotopic (exact) mass is 282 g/mol. The SMILES string of the molecule is CCC(NC(C)CCc1ccc(N)cc1)c1ccccc1. The third kappa shape index (κ3) is 4.91. The number of anilines is 1. The van der Waals surface area contributed by atoms with Crippen LogP contribution in [0.1, 0.15) is 43.9 Å². The van der Waals surface area contributed by atoms with Gasteiger partial charge in [0.1, 0.15) is 0 Å². The molecule has 112 valence electrons. The highest BCUT2D eigenvalue weighted by atomic mass is 14.9. The molecule has 0 bridgehead atoms. The summed E-state index contributed by atoms with van der Waals surface area (Å²) >= 11 is 0. The minimum absolute atomic E-state index is 0.438. The van der Waals surface area contributed by atoms with E-state index in [0.29, 0.717) is 12.1 Å². The fraction of sp³-hybridized carbons (Fsp3) is 0.368. The highest BCUT2D eigenvalue weighted by Gasteiger charge is 2.12. The molecule has 21 heavy (non-hydrogen) atoms. The van der Waals surface area contributed by atoms with Crippen molar-refractivity contribution in [1.82, 2.24) is 5.32 Å². The molecule has 0 amide bonds. The van der Waals surface area contributed by atoms with E-state index in [9.17, 15) is 0 Å². The van der Waals surface area contributed by atoms with Gasteiger partial charge in [-0.15, -0.1) is 0 Å². The smallest absolute Gasteiger partial charge is 0.0319 e. The van der Waals surface area contributed by atoms with Gasteiger partial charge >= 0.3 is 0 Å². The lowest BCUT2D eigenvalue weighted by Gasteiger charge is -2.23. The van der Waals surface area contributed by atoms with Crippen molar-refractivity contribution in [3.63, 3.8) is 0 Å². The van der Waals surface area contributed by atoms with E-state index >= 15 is 0 Å². The number of nitrogen functional groups attached to an aromatic ring is 1. The zero-order valence-corrected chi connectivity index (χ0v) is 13.0. The Morgan fingerprint density at radius 2 is 1.67 bits per heavy atom. The first-order valence-electron chi connectivity index (χ1n) is 7.84. The summed E-state index contributed by atoms with van der Waals surface area (Å²) in [6, 6.07) is 19.8. The largest absolute Gasteiger partial charge is 0.399 e. The summed E-state index contributed by atoms with van der Waals surface area (Å²) in [6.07, 6.45) is 3.32. The molecule has 2 unspecified atom stereocenters. The van der Waals surface area contributed by atoms with Crippen LogP contribution in [0.5, 0.6) is 0 Å². The van der Waals surface area contributed by atoms with Crippen molar-refractivity contribution in [2.75, 3.05) is 5.73 Å². The van der Waals surface area contributed by atoms with Crippen LogP contribution in [-0.2, 0) is 6.42 Å². The van der Waals surface area contributed by atoms with Gasteiger partial charge in [0.2, 0.25) is 0 Å². The first-order chi connectivity index (χ1) is 10.2. The molecular formula is C19H26N2. The van der Waals surface area contributed by atoms with Crippen molar-refractivity contribution in [3.05, 3.63) is 65.7 Å². The highest BCUT2D eigenvalue weighted by Crippen LogP contribution is 2.18. The van der Waals surface area contributed by atoms with Crippen LogP contribution >= 0.6 is 0 Å². The molecule has 0 aromatic heterocycles. The van der Waals surface area contributed by atoms with Gasteiger partial charge < -0.3 is 11.1 Å². The van der Waals surface area contributed by atoms with Crippen molar-refractivity contribution in [3.8, 4) is 0 Å². The molecule has 2 heteroatoms. The number of aryl methyl sites for hydroxylation is 1. The Balaban J connectivity index is 1.85. The van der Waals surface area contributed by atoms with Gasteiger partial charge in [-0.1, -0.05) is 49.4 Å². The standard InChI is InChI=1S/C19H26N2/c1-3-19(17-7-5-4-6-8-17)21-15(2)9-10-16-11-13-18(20)14-12-16/h4-8,11-15,19,21H,3,9-10,20H2,1-2H3. The van der Waals surface area contributed by atoms with Crippen LogP contribution in [0.4, 0.5) is 5.69 Å². The summed E-state index contributed by atoms with van der Waals surface area (Å²) in [4.78, 5) is 0. The number of benzene rings is 2. The highest BCUT2D eigenvalue weighted by molar-refractivity contribution is 5.39. The average Bonchev–Trinajstić information content (AvgIpc) is 2.53. The molecule has 0 saturated carbocycles. The van der Waals surface area contributed by atoms with E-state index in [1.165, 1.54) is 11.1 Å². The van der Waals surface area contributed by atoms with Gasteiger partial charge in [-0.2, -0.15) is 0 Å². The molecule has 0 aliphatic heterocycles. The van der Waals surface area contributed by atoms with E-state index in [2.05, 4.69) is 61.6 Å². The Morgan fingerprint density at radius 1 is 1.00 bits per heavy atom. The van der Waals surface area contributed by atoms with E-state index in [-0.39, 0.29) is 0 Å². The Morgan fingerprint density at radius 3 is 2.29 bits per heavy atom. The number of hydrogen-bond acceptors (Lipinski definition) is 2. The maximum Gasteiger partial charge on any atom is 0.0319 e. The molecule has 0 heterocycles. The Kier molecular flexibility index (Phi) is 5.82.